The van der Waals surface area contributed by atoms with E-state index >= 15 is 0 Å². The Morgan fingerprint density at radius 1 is 0.727 bits per heavy atom. The Labute approximate surface area is 142 Å². The third-order valence-corrected chi connectivity index (χ3v) is 5.30. The van der Waals surface area contributed by atoms with Crippen LogP contribution in [0, 0.1) is 29.6 Å². The largest absolute Gasteiger partial charge is 0.0919 e. The van der Waals surface area contributed by atoms with Gasteiger partial charge in [-0.25, -0.2) is 0 Å². The lowest BCUT2D eigenvalue weighted by Gasteiger charge is -2.33. The summed E-state index contributed by atoms with van der Waals surface area (Å²) in [4.78, 5) is 0. The van der Waals surface area contributed by atoms with Gasteiger partial charge in [-0.15, -0.1) is 0 Å². The minimum atomic E-state index is 1.04. The number of rotatable bonds is 2. The monoisotopic (exact) mass is 308 g/mol. The van der Waals surface area contributed by atoms with Crippen molar-refractivity contribution >= 4 is 0 Å². The summed E-state index contributed by atoms with van der Waals surface area (Å²) in [7, 11) is 0. The Hall–Kier alpha value is -0.520. The molecular formula is C22H44. The van der Waals surface area contributed by atoms with Crippen molar-refractivity contribution in [2.24, 2.45) is 29.6 Å². The summed E-state index contributed by atoms with van der Waals surface area (Å²) in [6, 6.07) is 0. The first-order valence-corrected chi connectivity index (χ1v) is 9.75. The van der Waals surface area contributed by atoms with Crippen molar-refractivity contribution in [1.82, 2.24) is 0 Å². The van der Waals surface area contributed by atoms with Crippen LogP contribution in [0.3, 0.4) is 0 Å². The van der Waals surface area contributed by atoms with Gasteiger partial charge in [0.1, 0.15) is 0 Å². The lowest BCUT2D eigenvalue weighted by molar-refractivity contribution is 0.162. The van der Waals surface area contributed by atoms with Gasteiger partial charge in [0.2, 0.25) is 0 Å². The second-order valence-electron chi connectivity index (χ2n) is 6.35. The minimum Gasteiger partial charge on any atom is -0.0919 e. The van der Waals surface area contributed by atoms with E-state index in [1.807, 2.05) is 65.8 Å². The SMILES string of the molecule is C/C=C/C.C/C=C/C.CC.CCC1C2CC(C)C(C2)C1CC. The predicted molar refractivity (Wildman–Crippen MR) is 105 cm³/mol. The van der Waals surface area contributed by atoms with Gasteiger partial charge in [0, 0.05) is 0 Å². The Balaban J connectivity index is 0. The lowest BCUT2D eigenvalue weighted by atomic mass is 9.72. The van der Waals surface area contributed by atoms with Gasteiger partial charge in [-0.05, 0) is 70.1 Å². The van der Waals surface area contributed by atoms with Crippen molar-refractivity contribution < 1.29 is 0 Å². The molecule has 0 N–H and O–H groups in total. The van der Waals surface area contributed by atoms with E-state index in [-0.39, 0.29) is 0 Å². The molecule has 0 aromatic heterocycles. The molecule has 0 spiro atoms. The maximum Gasteiger partial charge on any atom is -0.0355 e. The van der Waals surface area contributed by atoms with E-state index < -0.39 is 0 Å². The number of fused-ring (bicyclic) bond motifs is 2. The molecule has 2 aliphatic carbocycles. The van der Waals surface area contributed by atoms with Crippen molar-refractivity contribution in [3.8, 4) is 0 Å². The summed E-state index contributed by atoms with van der Waals surface area (Å²) in [5.74, 6) is 5.44. The van der Waals surface area contributed by atoms with Crippen LogP contribution in [0.25, 0.3) is 0 Å². The van der Waals surface area contributed by atoms with Crippen LogP contribution in [0.5, 0.6) is 0 Å². The van der Waals surface area contributed by atoms with Crippen molar-refractivity contribution in [1.29, 1.82) is 0 Å². The molecule has 0 saturated heterocycles. The molecule has 0 radical (unpaired) electrons. The predicted octanol–water partition coefficient (Wildman–Crippen LogP) is 7.91. The molecule has 0 aromatic carbocycles. The summed E-state index contributed by atoms with van der Waals surface area (Å²) in [5, 5.41) is 0. The fourth-order valence-corrected chi connectivity index (χ4v) is 4.19. The molecule has 2 aliphatic rings. The maximum absolute atomic E-state index is 2.47. The summed E-state index contributed by atoms with van der Waals surface area (Å²) >= 11 is 0. The Kier molecular flexibility index (Phi) is 16.6. The van der Waals surface area contributed by atoms with Crippen LogP contribution in [-0.2, 0) is 0 Å². The van der Waals surface area contributed by atoms with E-state index in [1.165, 1.54) is 12.8 Å². The van der Waals surface area contributed by atoms with Crippen LogP contribution >= 0.6 is 0 Å². The van der Waals surface area contributed by atoms with Crippen molar-refractivity contribution in [2.45, 2.75) is 88.0 Å². The van der Waals surface area contributed by atoms with Crippen LogP contribution < -0.4 is 0 Å². The molecule has 2 fully saturated rings. The molecule has 5 unspecified atom stereocenters. The number of allylic oxidation sites excluding steroid dienone is 4. The van der Waals surface area contributed by atoms with Gasteiger partial charge in [0.25, 0.3) is 0 Å². The van der Waals surface area contributed by atoms with Crippen molar-refractivity contribution in [3.63, 3.8) is 0 Å². The van der Waals surface area contributed by atoms with Crippen LogP contribution in [0.15, 0.2) is 24.3 Å². The lowest BCUT2D eigenvalue weighted by Crippen LogP contribution is -2.25. The summed E-state index contributed by atoms with van der Waals surface area (Å²) < 4.78 is 0. The highest BCUT2D eigenvalue weighted by Gasteiger charge is 2.48. The zero-order valence-corrected chi connectivity index (χ0v) is 17.0. The molecule has 2 rings (SSSR count). The highest BCUT2D eigenvalue weighted by atomic mass is 14.5. The molecule has 5 atom stereocenters. The van der Waals surface area contributed by atoms with E-state index in [4.69, 9.17) is 0 Å². The summed E-state index contributed by atoms with van der Waals surface area (Å²) in [5.41, 5.74) is 0. The molecular weight excluding hydrogens is 264 g/mol. The molecule has 0 nitrogen and oxygen atoms in total. The third kappa shape index (κ3) is 7.65. The van der Waals surface area contributed by atoms with Crippen LogP contribution in [0.2, 0.25) is 0 Å². The Morgan fingerprint density at radius 3 is 1.45 bits per heavy atom. The van der Waals surface area contributed by atoms with Crippen LogP contribution in [0.4, 0.5) is 0 Å². The van der Waals surface area contributed by atoms with Gasteiger partial charge in [-0.3, -0.25) is 0 Å². The molecule has 0 heteroatoms. The zero-order chi connectivity index (χ0) is 17.5. The standard InChI is InChI=1S/C12H22.2C4H8.C2H6/c1-4-10-9-6-8(3)12(7-9)11(10)5-2;2*1-3-4-2;1-2/h8-12H,4-7H2,1-3H3;2*3-4H,1-2H3;1-2H3/b;2*4-3+;. The summed E-state index contributed by atoms with van der Waals surface area (Å²) in [6.45, 7) is 19.2. The first-order chi connectivity index (χ1) is 10.6. The highest BCUT2D eigenvalue weighted by Crippen LogP contribution is 2.57. The minimum absolute atomic E-state index is 1.04. The van der Waals surface area contributed by atoms with Gasteiger partial charge in [0.05, 0.1) is 0 Å². The van der Waals surface area contributed by atoms with E-state index in [0.29, 0.717) is 0 Å². The first-order valence-electron chi connectivity index (χ1n) is 9.75. The number of hydrogen-bond acceptors (Lipinski definition) is 0. The zero-order valence-electron chi connectivity index (χ0n) is 17.0. The fraction of sp³-hybridized carbons (Fsp3) is 0.818. The number of hydrogen-bond donors (Lipinski definition) is 0. The van der Waals surface area contributed by atoms with E-state index in [9.17, 15) is 0 Å². The highest BCUT2D eigenvalue weighted by molar-refractivity contribution is 4.98. The molecule has 0 aromatic rings. The topological polar surface area (TPSA) is 0 Å². The molecule has 0 amide bonds. The van der Waals surface area contributed by atoms with E-state index in [0.717, 1.165) is 29.6 Å². The van der Waals surface area contributed by atoms with E-state index in [2.05, 4.69) is 20.8 Å². The van der Waals surface area contributed by atoms with Gasteiger partial charge >= 0.3 is 0 Å². The average Bonchev–Trinajstić information content (AvgIpc) is 3.12. The molecule has 132 valence electrons. The average molecular weight is 309 g/mol. The maximum atomic E-state index is 2.47. The Morgan fingerprint density at radius 2 is 1.14 bits per heavy atom. The quantitative estimate of drug-likeness (QED) is 0.455. The normalized spacial score (nSPS) is 32.0. The molecule has 2 saturated carbocycles. The van der Waals surface area contributed by atoms with Crippen LogP contribution in [0.1, 0.15) is 88.0 Å². The fourth-order valence-electron chi connectivity index (χ4n) is 4.19. The van der Waals surface area contributed by atoms with Gasteiger partial charge in [-0.1, -0.05) is 71.8 Å². The molecule has 0 heterocycles. The molecule has 0 aliphatic heterocycles. The molecule has 2 bridgehead atoms. The Bertz CT molecular complexity index is 254. The second-order valence-corrected chi connectivity index (χ2v) is 6.35. The first kappa shape index (κ1) is 23.7. The van der Waals surface area contributed by atoms with Gasteiger partial charge in [-0.2, -0.15) is 0 Å². The third-order valence-electron chi connectivity index (χ3n) is 5.30. The summed E-state index contributed by atoms with van der Waals surface area (Å²) in [6.07, 6.45) is 14.0. The smallest absolute Gasteiger partial charge is 0.0355 e. The van der Waals surface area contributed by atoms with E-state index in [1.54, 1.807) is 12.8 Å². The van der Waals surface area contributed by atoms with Gasteiger partial charge < -0.3 is 0 Å². The second kappa shape index (κ2) is 15.4. The van der Waals surface area contributed by atoms with Crippen molar-refractivity contribution in [2.75, 3.05) is 0 Å². The van der Waals surface area contributed by atoms with Crippen molar-refractivity contribution in [3.05, 3.63) is 24.3 Å². The van der Waals surface area contributed by atoms with Gasteiger partial charge in [0.15, 0.2) is 0 Å². The molecule has 22 heavy (non-hydrogen) atoms. The van der Waals surface area contributed by atoms with Crippen LogP contribution in [-0.4, -0.2) is 0 Å².